The van der Waals surface area contributed by atoms with Crippen LogP contribution in [0.2, 0.25) is 0 Å². The van der Waals surface area contributed by atoms with Crippen LogP contribution in [-0.2, 0) is 22.4 Å². The predicted molar refractivity (Wildman–Crippen MR) is 63.5 cm³/mol. The van der Waals surface area contributed by atoms with Crippen LogP contribution in [0.25, 0.3) is 0 Å². The van der Waals surface area contributed by atoms with Crippen molar-refractivity contribution < 1.29 is 9.53 Å². The first-order valence-electron chi connectivity index (χ1n) is 5.98. The second-order valence-electron chi connectivity index (χ2n) is 4.37. The van der Waals surface area contributed by atoms with Gasteiger partial charge in [0, 0.05) is 18.9 Å². The Kier molecular flexibility index (Phi) is 3.73. The van der Waals surface area contributed by atoms with Gasteiger partial charge in [0.1, 0.15) is 5.78 Å². The van der Waals surface area contributed by atoms with Crippen LogP contribution in [0.15, 0.2) is 24.3 Å². The molecule has 1 aromatic carbocycles. The zero-order valence-electron chi connectivity index (χ0n) is 9.74. The van der Waals surface area contributed by atoms with Crippen molar-refractivity contribution in [3.05, 3.63) is 35.4 Å². The van der Waals surface area contributed by atoms with Crippen molar-refractivity contribution in [2.24, 2.45) is 5.92 Å². The first kappa shape index (κ1) is 11.3. The number of Topliss-reactive ketones (excluding diaryl/α,β-unsaturated/α-hetero) is 1. The molecule has 1 unspecified atom stereocenters. The number of carbonyl (C=O) groups excluding carboxylic acids is 1. The van der Waals surface area contributed by atoms with Gasteiger partial charge in [-0.25, -0.2) is 0 Å². The molecule has 2 heteroatoms. The molecular formula is C14H18O2. The minimum Gasteiger partial charge on any atom is -0.381 e. The summed E-state index contributed by atoms with van der Waals surface area (Å²) in [6.45, 7) is 3.49. The van der Waals surface area contributed by atoms with Crippen LogP contribution in [-0.4, -0.2) is 19.0 Å². The van der Waals surface area contributed by atoms with Crippen molar-refractivity contribution in [3.63, 3.8) is 0 Å². The van der Waals surface area contributed by atoms with E-state index in [1.165, 1.54) is 5.56 Å². The Balaban J connectivity index is 1.94. The van der Waals surface area contributed by atoms with Crippen molar-refractivity contribution in [3.8, 4) is 0 Å². The number of ketones is 1. The molecule has 0 spiro atoms. The maximum absolute atomic E-state index is 11.9. The molecular weight excluding hydrogens is 200 g/mol. The summed E-state index contributed by atoms with van der Waals surface area (Å²) in [7, 11) is 0. The summed E-state index contributed by atoms with van der Waals surface area (Å²) in [6.07, 6.45) is 2.49. The first-order valence-corrected chi connectivity index (χ1v) is 5.98. The summed E-state index contributed by atoms with van der Waals surface area (Å²) in [4.78, 5) is 11.9. The van der Waals surface area contributed by atoms with Gasteiger partial charge in [-0.2, -0.15) is 0 Å². The van der Waals surface area contributed by atoms with Gasteiger partial charge < -0.3 is 4.74 Å². The number of aryl methyl sites for hydroxylation is 1. The Morgan fingerprint density at radius 2 is 2.00 bits per heavy atom. The van der Waals surface area contributed by atoms with Crippen molar-refractivity contribution in [2.45, 2.75) is 26.2 Å². The average Bonchev–Trinajstić information content (AvgIpc) is 2.83. The largest absolute Gasteiger partial charge is 0.381 e. The highest BCUT2D eigenvalue weighted by atomic mass is 16.5. The highest BCUT2D eigenvalue weighted by molar-refractivity contribution is 5.83. The van der Waals surface area contributed by atoms with E-state index in [2.05, 4.69) is 31.2 Å². The van der Waals surface area contributed by atoms with E-state index in [0.29, 0.717) is 18.8 Å². The molecule has 1 atom stereocenters. The van der Waals surface area contributed by atoms with Gasteiger partial charge in [0.05, 0.1) is 6.61 Å². The molecule has 2 rings (SSSR count). The third kappa shape index (κ3) is 2.70. The van der Waals surface area contributed by atoms with Gasteiger partial charge in [-0.15, -0.1) is 0 Å². The lowest BCUT2D eigenvalue weighted by Crippen LogP contribution is -2.16. The van der Waals surface area contributed by atoms with E-state index in [9.17, 15) is 4.79 Å². The highest BCUT2D eigenvalue weighted by Crippen LogP contribution is 2.16. The highest BCUT2D eigenvalue weighted by Gasteiger charge is 2.23. The molecule has 0 bridgehead atoms. The van der Waals surface area contributed by atoms with Gasteiger partial charge >= 0.3 is 0 Å². The summed E-state index contributed by atoms with van der Waals surface area (Å²) in [5.74, 6) is 0.451. The Labute approximate surface area is 96.6 Å². The maximum atomic E-state index is 11.9. The average molecular weight is 218 g/mol. The Morgan fingerprint density at radius 1 is 1.31 bits per heavy atom. The van der Waals surface area contributed by atoms with Gasteiger partial charge in [0.25, 0.3) is 0 Å². The van der Waals surface area contributed by atoms with Crippen LogP contribution in [0.1, 0.15) is 24.5 Å². The summed E-state index contributed by atoms with van der Waals surface area (Å²) < 4.78 is 5.23. The molecule has 1 aliphatic heterocycles. The van der Waals surface area contributed by atoms with Crippen molar-refractivity contribution in [2.75, 3.05) is 13.2 Å². The molecule has 1 aliphatic rings. The normalized spacial score (nSPS) is 19.9. The molecule has 0 N–H and O–H groups in total. The van der Waals surface area contributed by atoms with E-state index in [0.717, 1.165) is 25.0 Å². The van der Waals surface area contributed by atoms with Crippen LogP contribution in [0.5, 0.6) is 0 Å². The zero-order valence-corrected chi connectivity index (χ0v) is 9.74. The topological polar surface area (TPSA) is 26.3 Å². The molecule has 1 heterocycles. The second-order valence-corrected chi connectivity index (χ2v) is 4.37. The Hall–Kier alpha value is -1.15. The zero-order chi connectivity index (χ0) is 11.4. The van der Waals surface area contributed by atoms with E-state index in [-0.39, 0.29) is 5.92 Å². The number of hydrogen-bond acceptors (Lipinski definition) is 2. The van der Waals surface area contributed by atoms with Crippen molar-refractivity contribution >= 4 is 5.78 Å². The van der Waals surface area contributed by atoms with Gasteiger partial charge in [-0.1, -0.05) is 31.2 Å². The quantitative estimate of drug-likeness (QED) is 0.775. The fourth-order valence-corrected chi connectivity index (χ4v) is 2.03. The molecule has 0 aliphatic carbocycles. The predicted octanol–water partition coefficient (Wildman–Crippen LogP) is 2.40. The first-order chi connectivity index (χ1) is 7.79. The SMILES string of the molecule is CCc1ccc(CC(=O)C2CCOC2)cc1. The molecule has 0 radical (unpaired) electrons. The molecule has 1 fully saturated rings. The minimum absolute atomic E-state index is 0.130. The lowest BCUT2D eigenvalue weighted by Gasteiger charge is -2.06. The molecule has 0 aromatic heterocycles. The minimum atomic E-state index is 0.130. The maximum Gasteiger partial charge on any atom is 0.142 e. The molecule has 1 saturated heterocycles. The summed E-state index contributed by atoms with van der Waals surface area (Å²) in [5.41, 5.74) is 2.44. The molecule has 1 aromatic rings. The Morgan fingerprint density at radius 3 is 2.56 bits per heavy atom. The number of benzene rings is 1. The molecule has 0 saturated carbocycles. The standard InChI is InChI=1S/C14H18O2/c1-2-11-3-5-12(6-4-11)9-14(15)13-7-8-16-10-13/h3-6,13H,2,7-10H2,1H3. The van der Waals surface area contributed by atoms with Gasteiger partial charge in [0.15, 0.2) is 0 Å². The molecule has 2 nitrogen and oxygen atoms in total. The van der Waals surface area contributed by atoms with Crippen molar-refractivity contribution in [1.29, 1.82) is 0 Å². The number of ether oxygens (including phenoxy) is 1. The van der Waals surface area contributed by atoms with E-state index in [1.807, 2.05) is 0 Å². The molecule has 0 amide bonds. The van der Waals surface area contributed by atoms with Crippen LogP contribution < -0.4 is 0 Å². The second kappa shape index (κ2) is 5.26. The summed E-state index contributed by atoms with van der Waals surface area (Å²) in [5, 5.41) is 0. The molecule has 16 heavy (non-hydrogen) atoms. The summed E-state index contributed by atoms with van der Waals surface area (Å²) in [6, 6.07) is 8.33. The van der Waals surface area contributed by atoms with Crippen LogP contribution in [0, 0.1) is 5.92 Å². The molecule has 86 valence electrons. The number of carbonyl (C=O) groups is 1. The monoisotopic (exact) mass is 218 g/mol. The van der Waals surface area contributed by atoms with E-state index in [4.69, 9.17) is 4.74 Å². The van der Waals surface area contributed by atoms with Crippen molar-refractivity contribution in [1.82, 2.24) is 0 Å². The van der Waals surface area contributed by atoms with E-state index >= 15 is 0 Å². The smallest absolute Gasteiger partial charge is 0.142 e. The van der Waals surface area contributed by atoms with E-state index < -0.39 is 0 Å². The Bertz CT molecular complexity index is 348. The van der Waals surface area contributed by atoms with Gasteiger partial charge in [-0.3, -0.25) is 4.79 Å². The summed E-state index contributed by atoms with van der Waals surface area (Å²) >= 11 is 0. The fraction of sp³-hybridized carbons (Fsp3) is 0.500. The third-order valence-corrected chi connectivity index (χ3v) is 3.19. The fourth-order valence-electron chi connectivity index (χ4n) is 2.03. The lowest BCUT2D eigenvalue weighted by molar-refractivity contribution is -0.122. The lowest BCUT2D eigenvalue weighted by atomic mass is 9.97. The van der Waals surface area contributed by atoms with Gasteiger partial charge in [-0.05, 0) is 24.0 Å². The van der Waals surface area contributed by atoms with Crippen LogP contribution in [0.3, 0.4) is 0 Å². The third-order valence-electron chi connectivity index (χ3n) is 3.19. The van der Waals surface area contributed by atoms with Crippen LogP contribution in [0.4, 0.5) is 0 Å². The van der Waals surface area contributed by atoms with Gasteiger partial charge in [0.2, 0.25) is 0 Å². The van der Waals surface area contributed by atoms with E-state index in [1.54, 1.807) is 0 Å². The number of rotatable bonds is 4. The van der Waals surface area contributed by atoms with Crippen LogP contribution >= 0.6 is 0 Å². The number of hydrogen-bond donors (Lipinski definition) is 0.